The van der Waals surface area contributed by atoms with Crippen LogP contribution >= 0.6 is 11.6 Å². The van der Waals surface area contributed by atoms with E-state index in [4.69, 9.17) is 21.6 Å². The van der Waals surface area contributed by atoms with Gasteiger partial charge in [0.25, 0.3) is 5.56 Å². The molecule has 0 N–H and O–H groups in total. The Labute approximate surface area is 137 Å². The Bertz CT molecular complexity index is 799. The first-order chi connectivity index (χ1) is 11.1. The number of nitriles is 1. The second-order valence-corrected chi connectivity index (χ2v) is 5.24. The standard InChI is InChI=1S/C16H15ClFN3O2/c1-2-3-6-23-14-9-20-16(17)21(15(14)22)10-12-7-13(18)5-4-11(12)8-19/h4-5,7,9H,2-3,6,10H2,1H3. The molecule has 5 nitrogen and oxygen atoms in total. The molecule has 0 bridgehead atoms. The zero-order valence-electron chi connectivity index (χ0n) is 12.6. The van der Waals surface area contributed by atoms with E-state index in [9.17, 15) is 9.18 Å². The quantitative estimate of drug-likeness (QED) is 0.600. The smallest absolute Gasteiger partial charge is 0.297 e. The molecule has 1 aromatic heterocycles. The number of benzene rings is 1. The van der Waals surface area contributed by atoms with E-state index >= 15 is 0 Å². The highest BCUT2D eigenvalue weighted by Crippen LogP contribution is 2.15. The highest BCUT2D eigenvalue weighted by molar-refractivity contribution is 6.28. The fourth-order valence-electron chi connectivity index (χ4n) is 1.99. The highest BCUT2D eigenvalue weighted by atomic mass is 35.5. The van der Waals surface area contributed by atoms with E-state index in [1.807, 2.05) is 13.0 Å². The van der Waals surface area contributed by atoms with Gasteiger partial charge in [0.2, 0.25) is 11.0 Å². The number of aromatic nitrogens is 2. The van der Waals surface area contributed by atoms with Crippen molar-refractivity contribution in [2.24, 2.45) is 0 Å². The second kappa shape index (κ2) is 7.75. The predicted octanol–water partition coefficient (Wildman–Crippen LogP) is 3.13. The van der Waals surface area contributed by atoms with Crippen molar-refractivity contribution >= 4 is 11.6 Å². The fourth-order valence-corrected chi connectivity index (χ4v) is 2.17. The van der Waals surface area contributed by atoms with E-state index in [2.05, 4.69) is 4.98 Å². The number of hydrogen-bond acceptors (Lipinski definition) is 4. The molecule has 0 amide bonds. The van der Waals surface area contributed by atoms with Crippen LogP contribution in [-0.4, -0.2) is 16.2 Å². The van der Waals surface area contributed by atoms with Gasteiger partial charge in [0.1, 0.15) is 5.82 Å². The van der Waals surface area contributed by atoms with Gasteiger partial charge in [0, 0.05) is 0 Å². The van der Waals surface area contributed by atoms with Crippen LogP contribution in [0.1, 0.15) is 30.9 Å². The SMILES string of the molecule is CCCCOc1cnc(Cl)n(Cc2cc(F)ccc2C#N)c1=O. The molecule has 0 aliphatic rings. The molecule has 1 aromatic carbocycles. The number of unbranched alkanes of at least 4 members (excludes halogenated alkanes) is 1. The molecule has 2 rings (SSSR count). The lowest BCUT2D eigenvalue weighted by molar-refractivity contribution is 0.301. The maximum atomic E-state index is 13.4. The van der Waals surface area contributed by atoms with Crippen LogP contribution in [0.25, 0.3) is 0 Å². The monoisotopic (exact) mass is 335 g/mol. The number of hydrogen-bond donors (Lipinski definition) is 0. The van der Waals surface area contributed by atoms with Crippen molar-refractivity contribution in [3.63, 3.8) is 0 Å². The minimum absolute atomic E-state index is 0.0500. The molecule has 0 atom stereocenters. The van der Waals surface area contributed by atoms with E-state index in [1.54, 1.807) is 0 Å². The van der Waals surface area contributed by atoms with E-state index in [-0.39, 0.29) is 23.1 Å². The molecule has 7 heteroatoms. The Morgan fingerprint density at radius 3 is 2.96 bits per heavy atom. The van der Waals surface area contributed by atoms with Crippen molar-refractivity contribution in [1.29, 1.82) is 5.26 Å². The normalized spacial score (nSPS) is 10.3. The van der Waals surface area contributed by atoms with Crippen molar-refractivity contribution in [1.82, 2.24) is 9.55 Å². The third-order valence-corrected chi connectivity index (χ3v) is 3.54. The van der Waals surface area contributed by atoms with Crippen molar-refractivity contribution in [3.05, 3.63) is 57.0 Å². The molecule has 0 saturated carbocycles. The van der Waals surface area contributed by atoms with Crippen LogP contribution in [0, 0.1) is 17.1 Å². The van der Waals surface area contributed by atoms with Crippen molar-refractivity contribution < 1.29 is 9.13 Å². The summed E-state index contributed by atoms with van der Waals surface area (Å²) in [6.07, 6.45) is 3.02. The molecule has 0 aliphatic heterocycles. The Balaban J connectivity index is 2.37. The first-order valence-corrected chi connectivity index (χ1v) is 7.51. The summed E-state index contributed by atoms with van der Waals surface area (Å²) in [5.74, 6) is -0.413. The van der Waals surface area contributed by atoms with Gasteiger partial charge in [-0.15, -0.1) is 0 Å². The topological polar surface area (TPSA) is 67.9 Å². The van der Waals surface area contributed by atoms with Gasteiger partial charge in [-0.2, -0.15) is 5.26 Å². The Morgan fingerprint density at radius 1 is 1.48 bits per heavy atom. The molecule has 0 saturated heterocycles. The molecular formula is C16H15ClFN3O2. The van der Waals surface area contributed by atoms with Gasteiger partial charge in [-0.1, -0.05) is 13.3 Å². The maximum absolute atomic E-state index is 13.4. The lowest BCUT2D eigenvalue weighted by Gasteiger charge is -2.11. The van der Waals surface area contributed by atoms with Crippen LogP contribution in [-0.2, 0) is 6.54 Å². The second-order valence-electron chi connectivity index (χ2n) is 4.90. The average molecular weight is 336 g/mol. The van der Waals surface area contributed by atoms with Crippen LogP contribution < -0.4 is 10.3 Å². The van der Waals surface area contributed by atoms with Gasteiger partial charge < -0.3 is 4.74 Å². The summed E-state index contributed by atoms with van der Waals surface area (Å²) in [5.41, 5.74) is 0.157. The molecule has 0 fully saturated rings. The fraction of sp³-hybridized carbons (Fsp3) is 0.312. The van der Waals surface area contributed by atoms with E-state index in [1.165, 1.54) is 24.4 Å². The summed E-state index contributed by atoms with van der Waals surface area (Å²) in [6.45, 7) is 2.35. The van der Waals surface area contributed by atoms with Gasteiger partial charge in [-0.3, -0.25) is 9.36 Å². The molecule has 120 valence electrons. The van der Waals surface area contributed by atoms with Crippen LogP contribution in [0.3, 0.4) is 0 Å². The average Bonchev–Trinajstić information content (AvgIpc) is 2.54. The molecule has 23 heavy (non-hydrogen) atoms. The van der Waals surface area contributed by atoms with Gasteiger partial charge in [-0.05, 0) is 41.8 Å². The molecule has 0 radical (unpaired) electrons. The highest BCUT2D eigenvalue weighted by Gasteiger charge is 2.13. The molecular weight excluding hydrogens is 321 g/mol. The first-order valence-electron chi connectivity index (χ1n) is 7.13. The van der Waals surface area contributed by atoms with Crippen molar-refractivity contribution in [2.75, 3.05) is 6.61 Å². The zero-order valence-corrected chi connectivity index (χ0v) is 13.3. The summed E-state index contributed by atoms with van der Waals surface area (Å²) in [4.78, 5) is 16.3. The minimum Gasteiger partial charge on any atom is -0.487 e. The van der Waals surface area contributed by atoms with Crippen LogP contribution in [0.5, 0.6) is 5.75 Å². The first kappa shape index (κ1) is 17.0. The van der Waals surface area contributed by atoms with Gasteiger partial charge in [0.15, 0.2) is 0 Å². The number of halogens is 2. The van der Waals surface area contributed by atoms with Gasteiger partial charge >= 0.3 is 0 Å². The van der Waals surface area contributed by atoms with Gasteiger partial charge in [-0.25, -0.2) is 9.37 Å². The molecule has 0 aliphatic carbocycles. The third kappa shape index (κ3) is 4.08. The van der Waals surface area contributed by atoms with Crippen LogP contribution in [0.15, 0.2) is 29.2 Å². The molecule has 0 unspecified atom stereocenters. The Morgan fingerprint density at radius 2 is 2.26 bits per heavy atom. The lowest BCUT2D eigenvalue weighted by Crippen LogP contribution is -2.24. The van der Waals surface area contributed by atoms with Crippen molar-refractivity contribution in [3.8, 4) is 11.8 Å². The Hall–Kier alpha value is -2.39. The van der Waals surface area contributed by atoms with Crippen molar-refractivity contribution in [2.45, 2.75) is 26.3 Å². The number of rotatable bonds is 6. The predicted molar refractivity (Wildman–Crippen MR) is 84.1 cm³/mol. The lowest BCUT2D eigenvalue weighted by atomic mass is 10.1. The van der Waals surface area contributed by atoms with E-state index < -0.39 is 11.4 Å². The number of nitrogens with zero attached hydrogens (tertiary/aromatic N) is 3. The van der Waals surface area contributed by atoms with E-state index in [0.717, 1.165) is 17.4 Å². The third-order valence-electron chi connectivity index (χ3n) is 3.24. The summed E-state index contributed by atoms with van der Waals surface area (Å²) in [5, 5.41) is 9.04. The summed E-state index contributed by atoms with van der Waals surface area (Å²) >= 11 is 5.97. The Kier molecular flexibility index (Phi) is 5.72. The maximum Gasteiger partial charge on any atom is 0.297 e. The largest absolute Gasteiger partial charge is 0.487 e. The van der Waals surface area contributed by atoms with Crippen LogP contribution in [0.4, 0.5) is 4.39 Å². The minimum atomic E-state index is -0.494. The molecule has 2 aromatic rings. The number of ether oxygens (including phenoxy) is 1. The van der Waals surface area contributed by atoms with Crippen LogP contribution in [0.2, 0.25) is 5.28 Å². The summed E-state index contributed by atoms with van der Waals surface area (Å²) in [6, 6.07) is 5.71. The summed E-state index contributed by atoms with van der Waals surface area (Å²) in [7, 11) is 0. The molecule has 0 spiro atoms. The van der Waals surface area contributed by atoms with E-state index in [0.29, 0.717) is 12.2 Å². The summed E-state index contributed by atoms with van der Waals surface area (Å²) < 4.78 is 20.0. The zero-order chi connectivity index (χ0) is 16.8. The molecule has 1 heterocycles. The van der Waals surface area contributed by atoms with Gasteiger partial charge in [0.05, 0.1) is 31.0 Å².